The molecule has 0 radical (unpaired) electrons. The predicted octanol–water partition coefficient (Wildman–Crippen LogP) is 13.1. The molecule has 5 aromatic rings. The number of anilines is 3. The third-order valence-corrected chi connectivity index (χ3v) is 16.0. The molecule has 5 fully saturated rings. The molecule has 0 aromatic heterocycles. The first-order valence-electron chi connectivity index (χ1n) is 21.1. The van der Waals surface area contributed by atoms with E-state index in [0.717, 1.165) is 29.4 Å². The van der Waals surface area contributed by atoms with Gasteiger partial charge in [0, 0.05) is 45.4 Å². The minimum absolute atomic E-state index is 0.0761. The minimum atomic E-state index is 0.0761. The van der Waals surface area contributed by atoms with Crippen LogP contribution in [0, 0.1) is 23.7 Å². The monoisotopic (exact) mass is 701 g/mol. The van der Waals surface area contributed by atoms with Crippen molar-refractivity contribution in [2.24, 2.45) is 23.7 Å². The maximum atomic E-state index is 6.68. The van der Waals surface area contributed by atoms with Crippen molar-refractivity contribution < 1.29 is 4.74 Å². The summed E-state index contributed by atoms with van der Waals surface area (Å²) in [6.07, 6.45) is 22.4. The highest BCUT2D eigenvalue weighted by Crippen LogP contribution is 2.70. The molecule has 0 amide bonds. The molecule has 2 spiro atoms. The molecule has 54 heavy (non-hydrogen) atoms. The van der Waals surface area contributed by atoms with E-state index in [1.54, 1.807) is 22.3 Å². The largest absolute Gasteiger partial charge is 0.485 e. The Balaban J connectivity index is 1.01. The summed E-state index contributed by atoms with van der Waals surface area (Å²) in [6.45, 7) is 0. The molecular weight excluding hydrogens is 655 g/mol. The zero-order valence-corrected chi connectivity index (χ0v) is 31.0. The quantitative estimate of drug-likeness (QED) is 0.186. The second-order valence-electron chi connectivity index (χ2n) is 18.3. The number of ether oxygens (including phenoxy) is 1. The molecule has 2 unspecified atom stereocenters. The Kier molecular flexibility index (Phi) is 6.16. The number of benzene rings is 5. The van der Waals surface area contributed by atoms with Crippen LogP contribution in [0.15, 0.2) is 127 Å². The smallest absolute Gasteiger partial charge is 0.128 e. The molecule has 14 rings (SSSR count). The van der Waals surface area contributed by atoms with Crippen molar-refractivity contribution in [3.8, 4) is 28.0 Å². The van der Waals surface area contributed by atoms with E-state index in [0.29, 0.717) is 0 Å². The summed E-state index contributed by atoms with van der Waals surface area (Å²) in [6, 6.07) is 41.0. The van der Waals surface area contributed by atoms with E-state index in [1.165, 1.54) is 109 Å². The van der Waals surface area contributed by atoms with Gasteiger partial charge in [-0.1, -0.05) is 104 Å². The maximum absolute atomic E-state index is 6.68. The van der Waals surface area contributed by atoms with Gasteiger partial charge in [0.25, 0.3) is 0 Å². The van der Waals surface area contributed by atoms with Gasteiger partial charge < -0.3 is 9.64 Å². The first kappa shape index (κ1) is 30.5. The molecule has 1 aliphatic heterocycles. The molecule has 1 heterocycles. The van der Waals surface area contributed by atoms with E-state index in [9.17, 15) is 0 Å². The summed E-state index contributed by atoms with van der Waals surface area (Å²) in [4.78, 5) is 2.57. The summed E-state index contributed by atoms with van der Waals surface area (Å²) >= 11 is 0. The van der Waals surface area contributed by atoms with E-state index in [2.05, 4.69) is 132 Å². The summed E-state index contributed by atoms with van der Waals surface area (Å²) in [5.74, 6) is 4.63. The molecule has 5 aromatic carbocycles. The topological polar surface area (TPSA) is 12.5 Å². The van der Waals surface area contributed by atoms with Crippen LogP contribution in [0.1, 0.15) is 97.9 Å². The number of hydrogen-bond acceptors (Lipinski definition) is 2. The Hall–Kier alpha value is -4.82. The highest BCUT2D eigenvalue weighted by Gasteiger charge is 2.61. The van der Waals surface area contributed by atoms with Crippen molar-refractivity contribution in [1.29, 1.82) is 0 Å². The van der Waals surface area contributed by atoms with Crippen molar-refractivity contribution in [2.45, 2.75) is 87.1 Å². The Morgan fingerprint density at radius 3 is 1.96 bits per heavy atom. The van der Waals surface area contributed by atoms with Crippen molar-refractivity contribution >= 4 is 17.1 Å². The van der Waals surface area contributed by atoms with Gasteiger partial charge in [-0.05, 0) is 150 Å². The highest BCUT2D eigenvalue weighted by molar-refractivity contribution is 5.90. The van der Waals surface area contributed by atoms with Gasteiger partial charge in [0.1, 0.15) is 11.9 Å². The SMILES string of the molecule is C1=CC2Oc3cc(N(c4ccc5c(c4)-c4ccccc4C54CCCCC4)c4ccc5c(c4)C4(c6ccccc6-5)C5CC6CC(C5)CC4C6)ccc3C2C=C1. The van der Waals surface area contributed by atoms with Crippen LogP contribution in [-0.4, -0.2) is 6.10 Å². The Morgan fingerprint density at radius 2 is 1.15 bits per heavy atom. The lowest BCUT2D eigenvalue weighted by Crippen LogP contribution is -2.55. The van der Waals surface area contributed by atoms with Crippen molar-refractivity contribution in [3.63, 3.8) is 0 Å². The van der Waals surface area contributed by atoms with E-state index >= 15 is 0 Å². The normalized spacial score (nSPS) is 30.4. The number of rotatable bonds is 3. The lowest BCUT2D eigenvalue weighted by atomic mass is 9.43. The third kappa shape index (κ3) is 3.87. The van der Waals surface area contributed by atoms with Crippen LogP contribution in [0.5, 0.6) is 5.75 Å². The van der Waals surface area contributed by atoms with Crippen LogP contribution >= 0.6 is 0 Å². The molecule has 2 nitrogen and oxygen atoms in total. The second-order valence-corrected chi connectivity index (χ2v) is 18.3. The zero-order chi connectivity index (χ0) is 35.2. The third-order valence-electron chi connectivity index (χ3n) is 16.0. The Bertz CT molecular complexity index is 2430. The van der Waals surface area contributed by atoms with Gasteiger partial charge in [0.05, 0.1) is 0 Å². The molecule has 9 aliphatic rings. The van der Waals surface area contributed by atoms with Gasteiger partial charge in [-0.2, -0.15) is 0 Å². The van der Waals surface area contributed by atoms with Crippen LogP contribution < -0.4 is 9.64 Å². The number of nitrogens with zero attached hydrogens (tertiary/aromatic N) is 1. The van der Waals surface area contributed by atoms with Gasteiger partial charge in [0.2, 0.25) is 0 Å². The van der Waals surface area contributed by atoms with Gasteiger partial charge in [-0.3, -0.25) is 0 Å². The zero-order valence-electron chi connectivity index (χ0n) is 31.0. The van der Waals surface area contributed by atoms with Crippen LogP contribution in [0.3, 0.4) is 0 Å². The fraction of sp³-hybridized carbons (Fsp3) is 0.346. The standard InChI is InChI=1S/C52H47NO/c1-8-22-51(23-9-1)45-13-5-2-11-40(45)44-29-36(18-21-46(44)51)53(38-17-20-43-42-12-4-7-15-49(42)54-50(43)31-38)37-16-19-41-39-10-3-6-14-47(39)52(48(41)30-37)34-25-32-24-33(27-34)28-35(52)26-32/h2-7,10-21,29-35,42,49H,1,8-9,22-28H2. The summed E-state index contributed by atoms with van der Waals surface area (Å²) < 4.78 is 6.68. The number of allylic oxidation sites excluding steroid dienone is 2. The van der Waals surface area contributed by atoms with Gasteiger partial charge in [-0.15, -0.1) is 0 Å². The van der Waals surface area contributed by atoms with Crippen LogP contribution in [0.25, 0.3) is 22.3 Å². The first-order valence-corrected chi connectivity index (χ1v) is 21.1. The second kappa shape index (κ2) is 10.9. The van der Waals surface area contributed by atoms with E-state index in [-0.39, 0.29) is 22.9 Å². The molecule has 2 heteroatoms. The fourth-order valence-electron chi connectivity index (χ4n) is 14.2. The maximum Gasteiger partial charge on any atom is 0.128 e. The van der Waals surface area contributed by atoms with Crippen LogP contribution in [-0.2, 0) is 10.8 Å². The average Bonchev–Trinajstić information content (AvgIpc) is 3.82. The van der Waals surface area contributed by atoms with Gasteiger partial charge in [0.15, 0.2) is 0 Å². The van der Waals surface area contributed by atoms with Crippen molar-refractivity contribution in [1.82, 2.24) is 0 Å². The van der Waals surface area contributed by atoms with E-state index < -0.39 is 0 Å². The van der Waals surface area contributed by atoms with Gasteiger partial charge >= 0.3 is 0 Å². The number of hydrogen-bond donors (Lipinski definition) is 0. The highest BCUT2D eigenvalue weighted by atomic mass is 16.5. The molecular formula is C52H47NO. The van der Waals surface area contributed by atoms with Gasteiger partial charge in [-0.25, -0.2) is 0 Å². The molecule has 0 saturated heterocycles. The fourth-order valence-corrected chi connectivity index (χ4v) is 14.2. The van der Waals surface area contributed by atoms with Crippen LogP contribution in [0.2, 0.25) is 0 Å². The summed E-state index contributed by atoms with van der Waals surface area (Å²) in [7, 11) is 0. The Morgan fingerprint density at radius 1 is 0.519 bits per heavy atom. The van der Waals surface area contributed by atoms with Crippen LogP contribution in [0.4, 0.5) is 17.1 Å². The molecule has 0 N–H and O–H groups in total. The molecule has 4 bridgehead atoms. The average molecular weight is 702 g/mol. The predicted molar refractivity (Wildman–Crippen MR) is 219 cm³/mol. The molecule has 2 atom stereocenters. The summed E-state index contributed by atoms with van der Waals surface area (Å²) in [5.41, 5.74) is 17.4. The molecule has 8 aliphatic carbocycles. The summed E-state index contributed by atoms with van der Waals surface area (Å²) in [5, 5.41) is 0. The van der Waals surface area contributed by atoms with E-state index in [4.69, 9.17) is 4.74 Å². The molecule has 5 saturated carbocycles. The minimum Gasteiger partial charge on any atom is -0.485 e. The lowest BCUT2D eigenvalue weighted by molar-refractivity contribution is -0.0399. The molecule has 266 valence electrons. The number of fused-ring (bicyclic) bond motifs is 11. The van der Waals surface area contributed by atoms with Crippen molar-refractivity contribution in [2.75, 3.05) is 4.90 Å². The van der Waals surface area contributed by atoms with E-state index in [1.807, 2.05) is 0 Å². The Labute approximate surface area is 319 Å². The lowest BCUT2D eigenvalue weighted by Gasteiger charge is -2.61. The van der Waals surface area contributed by atoms with Crippen molar-refractivity contribution in [3.05, 3.63) is 155 Å². The first-order chi connectivity index (χ1) is 26.7.